The van der Waals surface area contributed by atoms with E-state index in [2.05, 4.69) is 10.3 Å². The van der Waals surface area contributed by atoms with Gasteiger partial charge in [0.25, 0.3) is 5.97 Å². The molecule has 5 heteroatoms. The topological polar surface area (TPSA) is 65.2 Å². The Hall–Kier alpha value is -1.13. The van der Waals surface area contributed by atoms with Crippen molar-refractivity contribution in [2.24, 2.45) is 10.3 Å². The highest BCUT2D eigenvalue weighted by Crippen LogP contribution is 1.99. The molecule has 0 rings (SSSR count). The fourth-order valence-corrected chi connectivity index (χ4v) is 0.596. The standard InChI is InChI=1S/C6H11FN2O2/c1-2-3-4-5(8-10)6(7)9-11/h10-11H,2-4H2,1H3/b8-5-,9-6+. The highest BCUT2D eigenvalue weighted by atomic mass is 19.1. The van der Waals surface area contributed by atoms with Gasteiger partial charge in [-0.05, 0) is 12.8 Å². The minimum absolute atomic E-state index is 0.214. The SMILES string of the molecule is CCCCC(=N/O)/C(F)=N\O. The largest absolute Gasteiger partial charge is 0.411 e. The second kappa shape index (κ2) is 5.64. The molecule has 4 nitrogen and oxygen atoms in total. The molecule has 0 saturated heterocycles. The lowest BCUT2D eigenvalue weighted by Gasteiger charge is -1.96. The van der Waals surface area contributed by atoms with Gasteiger partial charge >= 0.3 is 0 Å². The summed E-state index contributed by atoms with van der Waals surface area (Å²) in [7, 11) is 0. The van der Waals surface area contributed by atoms with Crippen LogP contribution in [0.25, 0.3) is 0 Å². The van der Waals surface area contributed by atoms with Crippen molar-refractivity contribution < 1.29 is 14.8 Å². The van der Waals surface area contributed by atoms with E-state index in [-0.39, 0.29) is 12.1 Å². The maximum atomic E-state index is 12.3. The second-order valence-electron chi connectivity index (χ2n) is 2.04. The van der Waals surface area contributed by atoms with Crippen LogP contribution in [-0.4, -0.2) is 22.1 Å². The van der Waals surface area contributed by atoms with Crippen LogP contribution in [0.15, 0.2) is 10.3 Å². The maximum absolute atomic E-state index is 12.3. The Bertz CT molecular complexity index is 168. The predicted molar refractivity (Wildman–Crippen MR) is 39.1 cm³/mol. The molecule has 0 fully saturated rings. The Morgan fingerprint density at radius 1 is 1.36 bits per heavy atom. The van der Waals surface area contributed by atoms with E-state index in [1.165, 1.54) is 0 Å². The van der Waals surface area contributed by atoms with E-state index in [1.807, 2.05) is 6.92 Å². The van der Waals surface area contributed by atoms with Crippen LogP contribution in [0.1, 0.15) is 26.2 Å². The zero-order chi connectivity index (χ0) is 8.69. The van der Waals surface area contributed by atoms with Gasteiger partial charge in [-0.1, -0.05) is 23.7 Å². The average molecular weight is 162 g/mol. The molecule has 0 saturated carbocycles. The lowest BCUT2D eigenvalue weighted by atomic mass is 10.2. The molecule has 0 spiro atoms. The maximum Gasteiger partial charge on any atom is 0.274 e. The van der Waals surface area contributed by atoms with Crippen LogP contribution in [-0.2, 0) is 0 Å². The molecule has 0 unspecified atom stereocenters. The number of rotatable bonds is 4. The highest BCUT2D eigenvalue weighted by molar-refractivity contribution is 6.38. The first-order valence-electron chi connectivity index (χ1n) is 3.35. The van der Waals surface area contributed by atoms with Crippen molar-refractivity contribution in [3.05, 3.63) is 0 Å². The summed E-state index contributed by atoms with van der Waals surface area (Å²) in [4.78, 5) is 0. The van der Waals surface area contributed by atoms with Crippen LogP contribution < -0.4 is 0 Å². The Morgan fingerprint density at radius 3 is 2.36 bits per heavy atom. The summed E-state index contributed by atoms with van der Waals surface area (Å²) in [6, 6.07) is 0. The van der Waals surface area contributed by atoms with Gasteiger partial charge in [0.2, 0.25) is 0 Å². The molecule has 0 aromatic carbocycles. The molecule has 0 bridgehead atoms. The summed E-state index contributed by atoms with van der Waals surface area (Å²) < 4.78 is 12.3. The van der Waals surface area contributed by atoms with Crippen LogP contribution in [0.4, 0.5) is 4.39 Å². The molecule has 64 valence electrons. The van der Waals surface area contributed by atoms with E-state index in [0.29, 0.717) is 6.42 Å². The summed E-state index contributed by atoms with van der Waals surface area (Å²) in [5.74, 6) is -1.12. The van der Waals surface area contributed by atoms with Crippen molar-refractivity contribution >= 4 is 11.7 Å². The van der Waals surface area contributed by atoms with E-state index in [9.17, 15) is 4.39 Å². The second-order valence-corrected chi connectivity index (χ2v) is 2.04. The van der Waals surface area contributed by atoms with Crippen molar-refractivity contribution in [1.29, 1.82) is 0 Å². The van der Waals surface area contributed by atoms with E-state index < -0.39 is 5.97 Å². The first kappa shape index (κ1) is 9.87. The van der Waals surface area contributed by atoms with Gasteiger partial charge in [0.05, 0.1) is 0 Å². The van der Waals surface area contributed by atoms with Crippen molar-refractivity contribution in [1.82, 2.24) is 0 Å². The van der Waals surface area contributed by atoms with Crippen LogP contribution in [0.2, 0.25) is 0 Å². The number of hydrogen-bond donors (Lipinski definition) is 2. The molecule has 11 heavy (non-hydrogen) atoms. The Kier molecular flexibility index (Phi) is 5.06. The van der Waals surface area contributed by atoms with Gasteiger partial charge in [0.1, 0.15) is 5.71 Å². The van der Waals surface area contributed by atoms with E-state index in [4.69, 9.17) is 10.4 Å². The minimum Gasteiger partial charge on any atom is -0.411 e. The molecular formula is C6H11FN2O2. The van der Waals surface area contributed by atoms with Crippen molar-refractivity contribution in [3.8, 4) is 0 Å². The van der Waals surface area contributed by atoms with Crippen LogP contribution in [0.5, 0.6) is 0 Å². The molecule has 0 aromatic heterocycles. The summed E-state index contributed by atoms with van der Waals surface area (Å²) in [6.07, 6.45) is 1.84. The van der Waals surface area contributed by atoms with Gasteiger partial charge in [-0.2, -0.15) is 4.39 Å². The van der Waals surface area contributed by atoms with Gasteiger partial charge < -0.3 is 10.4 Å². The van der Waals surface area contributed by atoms with Gasteiger partial charge in [0, 0.05) is 0 Å². The van der Waals surface area contributed by atoms with Gasteiger partial charge in [0.15, 0.2) is 0 Å². The number of oxime groups is 2. The lowest BCUT2D eigenvalue weighted by molar-refractivity contribution is 0.307. The van der Waals surface area contributed by atoms with Crippen LogP contribution in [0.3, 0.4) is 0 Å². The number of unbranched alkanes of at least 4 members (excludes halogenated alkanes) is 1. The fourth-order valence-electron chi connectivity index (χ4n) is 0.596. The Morgan fingerprint density at radius 2 is 2.00 bits per heavy atom. The monoisotopic (exact) mass is 162 g/mol. The summed E-state index contributed by atoms with van der Waals surface area (Å²) in [5, 5.41) is 21.1. The third-order valence-electron chi connectivity index (χ3n) is 1.21. The predicted octanol–water partition coefficient (Wildman–Crippen LogP) is 1.76. The molecular weight excluding hydrogens is 151 g/mol. The fraction of sp³-hybridized carbons (Fsp3) is 0.667. The summed E-state index contributed by atoms with van der Waals surface area (Å²) in [5.41, 5.74) is -0.214. The van der Waals surface area contributed by atoms with Crippen molar-refractivity contribution in [2.75, 3.05) is 0 Å². The molecule has 0 aliphatic heterocycles. The third kappa shape index (κ3) is 3.54. The van der Waals surface area contributed by atoms with Crippen LogP contribution in [0, 0.1) is 0 Å². The smallest absolute Gasteiger partial charge is 0.274 e. The molecule has 0 radical (unpaired) electrons. The zero-order valence-corrected chi connectivity index (χ0v) is 6.29. The van der Waals surface area contributed by atoms with E-state index in [1.54, 1.807) is 0 Å². The minimum atomic E-state index is -1.12. The normalized spacial score (nSPS) is 13.6. The Balaban J connectivity index is 3.98. The Labute approximate surface area is 64.0 Å². The molecule has 0 amide bonds. The first-order chi connectivity index (χ1) is 5.26. The van der Waals surface area contributed by atoms with E-state index >= 15 is 0 Å². The number of hydrogen-bond acceptors (Lipinski definition) is 4. The molecule has 0 aromatic rings. The van der Waals surface area contributed by atoms with Crippen LogP contribution >= 0.6 is 0 Å². The third-order valence-corrected chi connectivity index (χ3v) is 1.21. The van der Waals surface area contributed by atoms with Gasteiger partial charge in [-0.15, -0.1) is 0 Å². The molecule has 0 heterocycles. The first-order valence-corrected chi connectivity index (χ1v) is 3.35. The molecule has 0 aliphatic carbocycles. The average Bonchev–Trinajstić information content (AvgIpc) is 2.05. The van der Waals surface area contributed by atoms with Gasteiger partial charge in [-0.3, -0.25) is 0 Å². The van der Waals surface area contributed by atoms with E-state index in [0.717, 1.165) is 6.42 Å². The summed E-state index contributed by atoms with van der Waals surface area (Å²) >= 11 is 0. The quantitative estimate of drug-likeness (QED) is 0.376. The van der Waals surface area contributed by atoms with Gasteiger partial charge in [-0.25, -0.2) is 0 Å². The van der Waals surface area contributed by atoms with Crippen molar-refractivity contribution in [3.63, 3.8) is 0 Å². The molecule has 0 atom stereocenters. The van der Waals surface area contributed by atoms with Crippen molar-refractivity contribution in [2.45, 2.75) is 26.2 Å². The highest BCUT2D eigenvalue weighted by Gasteiger charge is 2.08. The summed E-state index contributed by atoms with van der Waals surface area (Å²) in [6.45, 7) is 1.92. The number of halogens is 1. The number of nitrogens with zero attached hydrogens (tertiary/aromatic N) is 2. The zero-order valence-electron chi connectivity index (χ0n) is 6.29. The lowest BCUT2D eigenvalue weighted by Crippen LogP contribution is -2.08. The molecule has 0 aliphatic rings. The molecule has 2 N–H and O–H groups in total.